The van der Waals surface area contributed by atoms with E-state index in [1.807, 2.05) is 0 Å². The number of nitrogens with zero attached hydrogens (tertiary/aromatic N) is 1. The van der Waals surface area contributed by atoms with Gasteiger partial charge < -0.3 is 15.3 Å². The van der Waals surface area contributed by atoms with E-state index < -0.39 is 6.10 Å². The van der Waals surface area contributed by atoms with Gasteiger partial charge in [-0.1, -0.05) is 18.2 Å². The molecule has 2 N–H and O–H groups in total. The molecule has 0 aliphatic heterocycles. The summed E-state index contributed by atoms with van der Waals surface area (Å²) < 4.78 is 0. The average molecular weight is 250 g/mol. The van der Waals surface area contributed by atoms with Crippen LogP contribution in [0.4, 0.5) is 5.69 Å². The molecule has 1 atom stereocenters. The lowest BCUT2D eigenvalue weighted by Gasteiger charge is -2.16. The first-order valence-corrected chi connectivity index (χ1v) is 5.70. The van der Waals surface area contributed by atoms with Gasteiger partial charge in [0.15, 0.2) is 0 Å². The van der Waals surface area contributed by atoms with Crippen LogP contribution in [-0.2, 0) is 9.59 Å². The van der Waals surface area contributed by atoms with E-state index in [0.717, 1.165) is 0 Å². The monoisotopic (exact) mass is 250 g/mol. The van der Waals surface area contributed by atoms with Crippen molar-refractivity contribution in [3.05, 3.63) is 29.8 Å². The maximum atomic E-state index is 11.7. The Balaban J connectivity index is 2.73. The van der Waals surface area contributed by atoms with Gasteiger partial charge in [0.2, 0.25) is 11.8 Å². The first-order valence-electron chi connectivity index (χ1n) is 5.70. The van der Waals surface area contributed by atoms with Gasteiger partial charge in [0, 0.05) is 25.2 Å². The van der Waals surface area contributed by atoms with E-state index in [1.54, 1.807) is 38.2 Å². The number of carbonyl (C=O) groups is 2. The van der Waals surface area contributed by atoms with Gasteiger partial charge in [-0.25, -0.2) is 0 Å². The quantitative estimate of drug-likeness (QED) is 0.842. The zero-order valence-electron chi connectivity index (χ0n) is 10.8. The number of hydrogen-bond acceptors (Lipinski definition) is 3. The van der Waals surface area contributed by atoms with Crippen LogP contribution in [0.15, 0.2) is 24.3 Å². The zero-order chi connectivity index (χ0) is 13.7. The van der Waals surface area contributed by atoms with Crippen LogP contribution in [0.3, 0.4) is 0 Å². The summed E-state index contributed by atoms with van der Waals surface area (Å²) in [6.07, 6.45) is -0.660. The number of carbonyl (C=O) groups excluding carboxylic acids is 2. The highest BCUT2D eigenvalue weighted by atomic mass is 16.3. The van der Waals surface area contributed by atoms with Crippen LogP contribution in [0, 0.1) is 0 Å². The lowest BCUT2D eigenvalue weighted by atomic mass is 10.1. The Morgan fingerprint density at radius 1 is 1.39 bits per heavy atom. The van der Waals surface area contributed by atoms with Crippen LogP contribution >= 0.6 is 0 Å². The van der Waals surface area contributed by atoms with Crippen molar-refractivity contribution in [3.8, 4) is 0 Å². The third-order valence-electron chi connectivity index (χ3n) is 2.60. The lowest BCUT2D eigenvalue weighted by molar-refractivity contribution is -0.131. The second-order valence-corrected chi connectivity index (χ2v) is 4.19. The fraction of sp³-hybridized carbons (Fsp3) is 0.385. The third kappa shape index (κ3) is 3.85. The molecule has 0 bridgehead atoms. The second-order valence-electron chi connectivity index (χ2n) is 4.19. The van der Waals surface area contributed by atoms with E-state index in [0.29, 0.717) is 11.3 Å². The topological polar surface area (TPSA) is 69.6 Å². The number of likely N-dealkylation sites (N-methyl/N-ethyl adjacent to an activating group) is 1. The van der Waals surface area contributed by atoms with Crippen molar-refractivity contribution in [2.75, 3.05) is 18.9 Å². The molecule has 5 nitrogen and oxygen atoms in total. The number of benzene rings is 1. The molecule has 2 amide bonds. The Morgan fingerprint density at radius 3 is 2.56 bits per heavy atom. The molecule has 18 heavy (non-hydrogen) atoms. The van der Waals surface area contributed by atoms with Gasteiger partial charge in [0.05, 0.1) is 12.6 Å². The molecule has 0 heterocycles. The first-order chi connectivity index (χ1) is 8.41. The minimum absolute atomic E-state index is 0.0104. The van der Waals surface area contributed by atoms with Crippen molar-refractivity contribution in [2.45, 2.75) is 20.0 Å². The smallest absolute Gasteiger partial charge is 0.243 e. The van der Waals surface area contributed by atoms with E-state index in [9.17, 15) is 14.7 Å². The SMILES string of the molecule is CC(=O)N(C)CC(=O)Nc1ccccc1C(C)O. The van der Waals surface area contributed by atoms with Gasteiger partial charge in [-0.3, -0.25) is 9.59 Å². The van der Waals surface area contributed by atoms with Crippen LogP contribution in [0.25, 0.3) is 0 Å². The fourth-order valence-electron chi connectivity index (χ4n) is 1.49. The van der Waals surface area contributed by atoms with E-state index >= 15 is 0 Å². The Kier molecular flexibility index (Phi) is 4.85. The Labute approximate surface area is 106 Å². The molecule has 98 valence electrons. The fourth-order valence-corrected chi connectivity index (χ4v) is 1.49. The van der Waals surface area contributed by atoms with Gasteiger partial charge in [-0.15, -0.1) is 0 Å². The molecule has 0 saturated carbocycles. The molecule has 1 aromatic rings. The predicted molar refractivity (Wildman–Crippen MR) is 69.0 cm³/mol. The molecule has 0 aliphatic carbocycles. The van der Waals surface area contributed by atoms with Crippen molar-refractivity contribution in [1.29, 1.82) is 0 Å². The Morgan fingerprint density at radius 2 is 2.00 bits per heavy atom. The minimum atomic E-state index is -0.660. The van der Waals surface area contributed by atoms with Gasteiger partial charge >= 0.3 is 0 Å². The summed E-state index contributed by atoms with van der Waals surface area (Å²) in [5.41, 5.74) is 1.21. The van der Waals surface area contributed by atoms with Gasteiger partial charge in [-0.05, 0) is 13.0 Å². The average Bonchev–Trinajstić information content (AvgIpc) is 2.28. The normalized spacial score (nSPS) is 11.8. The summed E-state index contributed by atoms with van der Waals surface area (Å²) >= 11 is 0. The number of rotatable bonds is 4. The summed E-state index contributed by atoms with van der Waals surface area (Å²) in [7, 11) is 1.56. The third-order valence-corrected chi connectivity index (χ3v) is 2.60. The van der Waals surface area contributed by atoms with Gasteiger partial charge in [0.1, 0.15) is 0 Å². The number of nitrogens with one attached hydrogen (secondary N) is 1. The molecule has 1 aromatic carbocycles. The summed E-state index contributed by atoms with van der Waals surface area (Å²) in [5.74, 6) is -0.463. The summed E-state index contributed by atoms with van der Waals surface area (Å²) in [6.45, 7) is 3.02. The van der Waals surface area contributed by atoms with Crippen molar-refractivity contribution in [1.82, 2.24) is 4.90 Å². The maximum Gasteiger partial charge on any atom is 0.243 e. The molecule has 1 unspecified atom stereocenters. The predicted octanol–water partition coefficient (Wildman–Crippen LogP) is 1.16. The molecule has 0 aromatic heterocycles. The molecule has 0 radical (unpaired) electrons. The zero-order valence-corrected chi connectivity index (χ0v) is 10.8. The van der Waals surface area contributed by atoms with E-state index in [1.165, 1.54) is 11.8 Å². The standard InChI is InChI=1S/C13H18N2O3/c1-9(16)11-6-4-5-7-12(11)14-13(18)8-15(3)10(2)17/h4-7,9,16H,8H2,1-3H3,(H,14,18). The summed E-state index contributed by atoms with van der Waals surface area (Å²) in [5, 5.41) is 12.3. The molecular weight excluding hydrogens is 232 g/mol. The van der Waals surface area contributed by atoms with Crippen LogP contribution in [0.1, 0.15) is 25.5 Å². The number of aliphatic hydroxyl groups is 1. The molecule has 5 heteroatoms. The molecule has 0 spiro atoms. The summed E-state index contributed by atoms with van der Waals surface area (Å²) in [4.78, 5) is 24.0. The Bertz CT molecular complexity index is 444. The molecule has 0 saturated heterocycles. The Hall–Kier alpha value is -1.88. The summed E-state index contributed by atoms with van der Waals surface area (Å²) in [6, 6.07) is 7.03. The van der Waals surface area contributed by atoms with Crippen molar-refractivity contribution in [2.24, 2.45) is 0 Å². The first kappa shape index (κ1) is 14.2. The van der Waals surface area contributed by atoms with E-state index in [4.69, 9.17) is 0 Å². The van der Waals surface area contributed by atoms with Crippen LogP contribution < -0.4 is 5.32 Å². The number of anilines is 1. The van der Waals surface area contributed by atoms with Crippen LogP contribution in [0.2, 0.25) is 0 Å². The molecular formula is C13H18N2O3. The van der Waals surface area contributed by atoms with Gasteiger partial charge in [0.25, 0.3) is 0 Å². The highest BCUT2D eigenvalue weighted by molar-refractivity contribution is 5.94. The van der Waals surface area contributed by atoms with Crippen LogP contribution in [-0.4, -0.2) is 35.4 Å². The minimum Gasteiger partial charge on any atom is -0.389 e. The number of amides is 2. The largest absolute Gasteiger partial charge is 0.389 e. The maximum absolute atomic E-state index is 11.7. The van der Waals surface area contributed by atoms with Crippen molar-refractivity contribution < 1.29 is 14.7 Å². The number of aliphatic hydroxyl groups excluding tert-OH is 1. The second kappa shape index (κ2) is 6.16. The van der Waals surface area contributed by atoms with E-state index in [2.05, 4.69) is 5.32 Å². The number of para-hydroxylation sites is 1. The molecule has 0 fully saturated rings. The molecule has 1 rings (SSSR count). The van der Waals surface area contributed by atoms with Crippen molar-refractivity contribution in [3.63, 3.8) is 0 Å². The van der Waals surface area contributed by atoms with Crippen molar-refractivity contribution >= 4 is 17.5 Å². The highest BCUT2D eigenvalue weighted by Crippen LogP contribution is 2.21. The number of hydrogen-bond donors (Lipinski definition) is 2. The lowest BCUT2D eigenvalue weighted by Crippen LogP contribution is -2.33. The molecule has 0 aliphatic rings. The highest BCUT2D eigenvalue weighted by Gasteiger charge is 2.12. The van der Waals surface area contributed by atoms with E-state index in [-0.39, 0.29) is 18.4 Å². The van der Waals surface area contributed by atoms with Crippen LogP contribution in [0.5, 0.6) is 0 Å². The van der Waals surface area contributed by atoms with Gasteiger partial charge in [-0.2, -0.15) is 0 Å².